The van der Waals surface area contributed by atoms with Gasteiger partial charge in [0.15, 0.2) is 12.0 Å². The number of hydrogen-bond acceptors (Lipinski definition) is 3. The van der Waals surface area contributed by atoms with Gasteiger partial charge in [0, 0.05) is 0 Å². The molecule has 0 aliphatic carbocycles. The third kappa shape index (κ3) is 2.76. The Morgan fingerprint density at radius 1 is 0.960 bits per heavy atom. The number of hydrogen-bond donors (Lipinski definition) is 0. The first-order valence-electron chi connectivity index (χ1n) is 7.70. The van der Waals surface area contributed by atoms with Crippen molar-refractivity contribution in [2.75, 3.05) is 0 Å². The van der Waals surface area contributed by atoms with E-state index < -0.39 is 0 Å². The zero-order valence-corrected chi connectivity index (χ0v) is 13.1. The first kappa shape index (κ1) is 15.1. The summed E-state index contributed by atoms with van der Waals surface area (Å²) in [7, 11) is 0. The number of benzene rings is 2. The maximum atomic E-state index is 13.1. The van der Waals surface area contributed by atoms with Crippen molar-refractivity contribution in [2.24, 2.45) is 0 Å². The molecule has 2 aromatic heterocycles. The third-order valence-electron chi connectivity index (χ3n) is 3.97. The lowest BCUT2D eigenvalue weighted by Gasteiger charge is -2.08. The number of aldehydes is 1. The summed E-state index contributed by atoms with van der Waals surface area (Å²) in [4.78, 5) is 11.3. The van der Waals surface area contributed by atoms with Gasteiger partial charge in [-0.2, -0.15) is 5.10 Å². The van der Waals surface area contributed by atoms with E-state index in [9.17, 15) is 9.18 Å². The Hall–Kier alpha value is -3.47. The average Bonchev–Trinajstić information content (AvgIpc) is 3.31. The van der Waals surface area contributed by atoms with E-state index in [0.717, 1.165) is 23.1 Å². The SMILES string of the molecule is O=Cc1cnn(-c2ccc(-c3ccc(F)cc3)cc2)c1-c1ccco1. The summed E-state index contributed by atoms with van der Waals surface area (Å²) >= 11 is 0. The summed E-state index contributed by atoms with van der Waals surface area (Å²) in [5.74, 6) is 0.309. The van der Waals surface area contributed by atoms with Gasteiger partial charge < -0.3 is 4.42 Å². The molecule has 0 bridgehead atoms. The fourth-order valence-electron chi connectivity index (χ4n) is 2.74. The molecule has 0 atom stereocenters. The van der Waals surface area contributed by atoms with E-state index in [1.807, 2.05) is 24.3 Å². The fraction of sp³-hybridized carbons (Fsp3) is 0. The number of rotatable bonds is 4. The number of aromatic nitrogens is 2. The first-order valence-corrected chi connectivity index (χ1v) is 7.70. The van der Waals surface area contributed by atoms with Crippen molar-refractivity contribution < 1.29 is 13.6 Å². The van der Waals surface area contributed by atoms with Crippen LogP contribution in [0.15, 0.2) is 77.5 Å². The molecule has 0 saturated carbocycles. The second-order valence-corrected chi connectivity index (χ2v) is 5.51. The van der Waals surface area contributed by atoms with Crippen LogP contribution in [-0.2, 0) is 0 Å². The Morgan fingerprint density at radius 2 is 1.64 bits per heavy atom. The molecule has 0 saturated heterocycles. The summed E-state index contributed by atoms with van der Waals surface area (Å²) in [5, 5.41) is 4.30. The van der Waals surface area contributed by atoms with Crippen molar-refractivity contribution in [3.8, 4) is 28.3 Å². The predicted octanol–water partition coefficient (Wildman–Crippen LogP) is 4.75. The molecule has 4 aromatic rings. The van der Waals surface area contributed by atoms with Gasteiger partial charge in [-0.1, -0.05) is 24.3 Å². The Balaban J connectivity index is 1.75. The smallest absolute Gasteiger partial charge is 0.153 e. The van der Waals surface area contributed by atoms with Crippen LogP contribution in [0.25, 0.3) is 28.3 Å². The molecule has 0 N–H and O–H groups in total. The summed E-state index contributed by atoms with van der Waals surface area (Å²) in [6, 6.07) is 17.5. The summed E-state index contributed by atoms with van der Waals surface area (Å²) < 4.78 is 20.1. The van der Waals surface area contributed by atoms with Gasteiger partial charge in [-0.05, 0) is 47.5 Å². The van der Waals surface area contributed by atoms with Gasteiger partial charge in [0.1, 0.15) is 11.5 Å². The lowest BCUT2D eigenvalue weighted by Crippen LogP contribution is -1.99. The summed E-state index contributed by atoms with van der Waals surface area (Å²) in [5.41, 5.74) is 3.75. The highest BCUT2D eigenvalue weighted by Crippen LogP contribution is 2.27. The minimum absolute atomic E-state index is 0.263. The molecular formula is C20H13FN2O2. The zero-order chi connectivity index (χ0) is 17.2. The molecule has 122 valence electrons. The van der Waals surface area contributed by atoms with E-state index in [1.165, 1.54) is 18.3 Å². The van der Waals surface area contributed by atoms with Gasteiger partial charge in [0.05, 0.1) is 23.7 Å². The Labute approximate surface area is 143 Å². The van der Waals surface area contributed by atoms with Crippen LogP contribution < -0.4 is 0 Å². The predicted molar refractivity (Wildman–Crippen MR) is 92.0 cm³/mol. The topological polar surface area (TPSA) is 48.0 Å². The average molecular weight is 332 g/mol. The van der Waals surface area contributed by atoms with E-state index in [2.05, 4.69) is 5.10 Å². The molecule has 0 spiro atoms. The third-order valence-corrected chi connectivity index (χ3v) is 3.97. The van der Waals surface area contributed by atoms with Crippen molar-refractivity contribution in [1.29, 1.82) is 0 Å². The molecule has 0 aliphatic rings. The van der Waals surface area contributed by atoms with Crippen LogP contribution in [0.3, 0.4) is 0 Å². The Morgan fingerprint density at radius 3 is 2.24 bits per heavy atom. The van der Waals surface area contributed by atoms with E-state index in [0.29, 0.717) is 17.0 Å². The zero-order valence-electron chi connectivity index (χ0n) is 13.1. The second-order valence-electron chi connectivity index (χ2n) is 5.51. The number of carbonyl (C=O) groups is 1. The van der Waals surface area contributed by atoms with Crippen molar-refractivity contribution in [3.05, 3.63) is 84.5 Å². The van der Waals surface area contributed by atoms with Crippen LogP contribution in [-0.4, -0.2) is 16.1 Å². The van der Waals surface area contributed by atoms with Gasteiger partial charge in [-0.3, -0.25) is 4.79 Å². The van der Waals surface area contributed by atoms with Gasteiger partial charge >= 0.3 is 0 Å². The number of nitrogens with zero attached hydrogens (tertiary/aromatic N) is 2. The molecule has 25 heavy (non-hydrogen) atoms. The van der Waals surface area contributed by atoms with Crippen LogP contribution in [0.2, 0.25) is 0 Å². The van der Waals surface area contributed by atoms with Crippen LogP contribution in [0.4, 0.5) is 4.39 Å². The van der Waals surface area contributed by atoms with E-state index >= 15 is 0 Å². The highest BCUT2D eigenvalue weighted by molar-refractivity contribution is 5.85. The molecule has 2 heterocycles. The van der Waals surface area contributed by atoms with E-state index in [1.54, 1.807) is 35.2 Å². The molecule has 5 heteroatoms. The fourth-order valence-corrected chi connectivity index (χ4v) is 2.74. The molecule has 0 fully saturated rings. The Bertz CT molecular complexity index is 1000. The highest BCUT2D eigenvalue weighted by atomic mass is 19.1. The van der Waals surface area contributed by atoms with Gasteiger partial charge in [0.2, 0.25) is 0 Å². The molecule has 0 aliphatic heterocycles. The normalized spacial score (nSPS) is 10.8. The van der Waals surface area contributed by atoms with Gasteiger partial charge in [0.25, 0.3) is 0 Å². The standard InChI is InChI=1S/C20H13FN2O2/c21-17-7-3-14(4-8-17)15-5-9-18(10-6-15)23-20(16(13-24)12-22-23)19-2-1-11-25-19/h1-13H. The number of furan rings is 1. The van der Waals surface area contributed by atoms with Crippen LogP contribution in [0.1, 0.15) is 10.4 Å². The molecule has 0 unspecified atom stereocenters. The maximum Gasteiger partial charge on any atom is 0.153 e. The van der Waals surface area contributed by atoms with Crippen LogP contribution in [0, 0.1) is 5.82 Å². The molecule has 0 amide bonds. The lowest BCUT2D eigenvalue weighted by atomic mass is 10.1. The maximum absolute atomic E-state index is 13.1. The highest BCUT2D eigenvalue weighted by Gasteiger charge is 2.16. The van der Waals surface area contributed by atoms with Crippen molar-refractivity contribution >= 4 is 6.29 Å². The van der Waals surface area contributed by atoms with Crippen LogP contribution >= 0.6 is 0 Å². The van der Waals surface area contributed by atoms with Crippen molar-refractivity contribution in [3.63, 3.8) is 0 Å². The van der Waals surface area contributed by atoms with Gasteiger partial charge in [-0.25, -0.2) is 9.07 Å². The Kier molecular flexibility index (Phi) is 3.74. The summed E-state index contributed by atoms with van der Waals surface area (Å²) in [6.45, 7) is 0. The first-order chi connectivity index (χ1) is 12.3. The second kappa shape index (κ2) is 6.20. The quantitative estimate of drug-likeness (QED) is 0.507. The molecule has 4 rings (SSSR count). The molecule has 4 nitrogen and oxygen atoms in total. The molecule has 2 aromatic carbocycles. The lowest BCUT2D eigenvalue weighted by molar-refractivity contribution is 0.112. The van der Waals surface area contributed by atoms with Gasteiger partial charge in [-0.15, -0.1) is 0 Å². The molecular weight excluding hydrogens is 319 g/mol. The van der Waals surface area contributed by atoms with Crippen molar-refractivity contribution in [1.82, 2.24) is 9.78 Å². The van der Waals surface area contributed by atoms with Crippen LogP contribution in [0.5, 0.6) is 0 Å². The molecule has 0 radical (unpaired) electrons. The van der Waals surface area contributed by atoms with Crippen molar-refractivity contribution in [2.45, 2.75) is 0 Å². The largest absolute Gasteiger partial charge is 0.463 e. The monoisotopic (exact) mass is 332 g/mol. The van der Waals surface area contributed by atoms with E-state index in [-0.39, 0.29) is 5.82 Å². The van der Waals surface area contributed by atoms with E-state index in [4.69, 9.17) is 4.42 Å². The summed E-state index contributed by atoms with van der Waals surface area (Å²) in [6.07, 6.45) is 3.83. The number of carbonyl (C=O) groups excluding carboxylic acids is 1. The minimum Gasteiger partial charge on any atom is -0.463 e. The minimum atomic E-state index is -0.263. The number of halogens is 1.